The first-order valence-corrected chi connectivity index (χ1v) is 10.0. The van der Waals surface area contributed by atoms with Crippen LogP contribution in [0.5, 0.6) is 0 Å². The van der Waals surface area contributed by atoms with Crippen molar-refractivity contribution in [3.05, 3.63) is 69.8 Å². The molecule has 0 radical (unpaired) electrons. The predicted molar refractivity (Wildman–Crippen MR) is 117 cm³/mol. The number of methoxy groups -OCH3 is 1. The van der Waals surface area contributed by atoms with Crippen LogP contribution in [-0.2, 0) is 4.74 Å². The molecule has 2 atom stereocenters. The van der Waals surface area contributed by atoms with Crippen LogP contribution >= 0.6 is 0 Å². The number of aromatic nitrogens is 2. The number of hydrogen-bond donors (Lipinski definition) is 1. The van der Waals surface area contributed by atoms with Crippen LogP contribution < -0.4 is 10.9 Å². The second-order valence-corrected chi connectivity index (χ2v) is 7.82. The number of aryl methyl sites for hydroxylation is 1. The van der Waals surface area contributed by atoms with Crippen molar-refractivity contribution in [3.8, 4) is 0 Å². The van der Waals surface area contributed by atoms with Crippen LogP contribution in [0.3, 0.4) is 0 Å². The van der Waals surface area contributed by atoms with Crippen molar-refractivity contribution in [2.75, 3.05) is 34.3 Å². The van der Waals surface area contributed by atoms with E-state index >= 15 is 0 Å². The first kappa shape index (κ1) is 19.8. The number of nitrogens with zero attached hydrogens (tertiary/aromatic N) is 3. The van der Waals surface area contributed by atoms with Crippen molar-refractivity contribution in [3.63, 3.8) is 0 Å². The molecule has 152 valence electrons. The normalized spacial score (nSPS) is 22.6. The van der Waals surface area contributed by atoms with Gasteiger partial charge in [0.05, 0.1) is 17.8 Å². The molecule has 4 rings (SSSR count). The Morgan fingerprint density at radius 3 is 2.83 bits per heavy atom. The first-order valence-electron chi connectivity index (χ1n) is 10.0. The van der Waals surface area contributed by atoms with Crippen LogP contribution in [-0.4, -0.2) is 60.7 Å². The lowest BCUT2D eigenvalue weighted by Crippen LogP contribution is -2.37. The second-order valence-electron chi connectivity index (χ2n) is 7.82. The summed E-state index contributed by atoms with van der Waals surface area (Å²) in [6.45, 7) is 4.06. The standard InChI is InChI=1S/C23H28N4O2/c1-15-11-22-25-19(17-5-6-21(29-4)20(12-17)24-2)13-23(28)27(22)14-18(15)16-7-9-26(3)10-8-16/h5-7,11-14,20-21,24H,8-10H2,1-4H3. The van der Waals surface area contributed by atoms with E-state index < -0.39 is 0 Å². The topological polar surface area (TPSA) is 58.9 Å². The van der Waals surface area contributed by atoms with Gasteiger partial charge >= 0.3 is 0 Å². The Bertz CT molecular complexity index is 1080. The van der Waals surface area contributed by atoms with E-state index in [1.807, 2.05) is 31.5 Å². The molecule has 6 heteroatoms. The number of fused-ring (bicyclic) bond motifs is 1. The van der Waals surface area contributed by atoms with E-state index in [4.69, 9.17) is 9.72 Å². The van der Waals surface area contributed by atoms with Crippen LogP contribution in [0, 0.1) is 6.92 Å². The van der Waals surface area contributed by atoms with Gasteiger partial charge in [0.15, 0.2) is 0 Å². The fourth-order valence-corrected chi connectivity index (χ4v) is 4.05. The maximum Gasteiger partial charge on any atom is 0.258 e. The van der Waals surface area contributed by atoms with Gasteiger partial charge in [0.25, 0.3) is 5.56 Å². The molecule has 2 unspecified atom stereocenters. The number of allylic oxidation sites excluding steroid dienone is 2. The molecule has 1 aliphatic carbocycles. The molecule has 0 saturated heterocycles. The Morgan fingerprint density at radius 2 is 2.14 bits per heavy atom. The van der Waals surface area contributed by atoms with Crippen LogP contribution in [0.25, 0.3) is 16.8 Å². The number of likely N-dealkylation sites (N-methyl/N-ethyl adjacent to an activating group) is 2. The van der Waals surface area contributed by atoms with Crippen LogP contribution in [0.1, 0.15) is 23.2 Å². The highest BCUT2D eigenvalue weighted by Crippen LogP contribution is 2.26. The monoisotopic (exact) mass is 392 g/mol. The van der Waals surface area contributed by atoms with Crippen molar-refractivity contribution in [1.82, 2.24) is 19.6 Å². The average molecular weight is 393 g/mol. The molecule has 1 aliphatic heterocycles. The molecule has 0 aromatic carbocycles. The van der Waals surface area contributed by atoms with E-state index in [-0.39, 0.29) is 17.7 Å². The summed E-state index contributed by atoms with van der Waals surface area (Å²) in [5, 5.41) is 3.24. The fraction of sp³-hybridized carbons (Fsp3) is 0.391. The zero-order valence-corrected chi connectivity index (χ0v) is 17.5. The summed E-state index contributed by atoms with van der Waals surface area (Å²) in [4.78, 5) is 20.0. The molecular weight excluding hydrogens is 364 g/mol. The molecule has 0 saturated carbocycles. The van der Waals surface area contributed by atoms with Gasteiger partial charge in [0, 0.05) is 32.5 Å². The molecule has 29 heavy (non-hydrogen) atoms. The third-order valence-corrected chi connectivity index (χ3v) is 5.85. The lowest BCUT2D eigenvalue weighted by atomic mass is 9.97. The third kappa shape index (κ3) is 3.83. The van der Waals surface area contributed by atoms with E-state index in [9.17, 15) is 4.79 Å². The third-order valence-electron chi connectivity index (χ3n) is 5.85. The smallest absolute Gasteiger partial charge is 0.258 e. The highest BCUT2D eigenvalue weighted by Gasteiger charge is 2.21. The average Bonchev–Trinajstić information content (AvgIpc) is 2.73. The van der Waals surface area contributed by atoms with Gasteiger partial charge in [0.1, 0.15) is 5.65 Å². The van der Waals surface area contributed by atoms with Gasteiger partial charge < -0.3 is 15.0 Å². The van der Waals surface area contributed by atoms with Gasteiger partial charge in [-0.15, -0.1) is 0 Å². The van der Waals surface area contributed by atoms with Gasteiger partial charge in [-0.2, -0.15) is 0 Å². The number of pyridine rings is 1. The number of ether oxygens (including phenoxy) is 1. The number of nitrogens with one attached hydrogen (secondary N) is 1. The highest BCUT2D eigenvalue weighted by atomic mass is 16.5. The Balaban J connectivity index is 1.75. The summed E-state index contributed by atoms with van der Waals surface area (Å²) < 4.78 is 7.14. The maximum absolute atomic E-state index is 12.9. The minimum Gasteiger partial charge on any atom is -0.375 e. The quantitative estimate of drug-likeness (QED) is 0.865. The fourth-order valence-electron chi connectivity index (χ4n) is 4.05. The molecule has 6 nitrogen and oxygen atoms in total. The Labute approximate surface area is 171 Å². The van der Waals surface area contributed by atoms with E-state index in [1.54, 1.807) is 17.6 Å². The summed E-state index contributed by atoms with van der Waals surface area (Å²) in [6, 6.07) is 3.67. The molecule has 2 aromatic heterocycles. The lowest BCUT2D eigenvalue weighted by Gasteiger charge is -2.24. The first-order chi connectivity index (χ1) is 14.0. The molecule has 3 heterocycles. The van der Waals surface area contributed by atoms with Crippen LogP contribution in [0.15, 0.2) is 47.4 Å². The lowest BCUT2D eigenvalue weighted by molar-refractivity contribution is 0.121. The van der Waals surface area contributed by atoms with Crippen molar-refractivity contribution in [1.29, 1.82) is 0 Å². The summed E-state index contributed by atoms with van der Waals surface area (Å²) in [7, 11) is 5.71. The predicted octanol–water partition coefficient (Wildman–Crippen LogP) is 2.28. The molecule has 0 fully saturated rings. The Hall–Kier alpha value is -2.54. The van der Waals surface area contributed by atoms with Crippen molar-refractivity contribution in [2.24, 2.45) is 0 Å². The van der Waals surface area contributed by atoms with Crippen LogP contribution in [0.2, 0.25) is 0 Å². The molecule has 0 spiro atoms. The highest BCUT2D eigenvalue weighted by molar-refractivity contribution is 5.75. The minimum atomic E-state index is -0.0658. The molecule has 2 aliphatic rings. The Morgan fingerprint density at radius 1 is 1.31 bits per heavy atom. The number of rotatable bonds is 4. The zero-order chi connectivity index (χ0) is 20.5. The van der Waals surface area contributed by atoms with Gasteiger partial charge in [-0.25, -0.2) is 4.98 Å². The summed E-state index contributed by atoms with van der Waals surface area (Å²) in [6.07, 6.45) is 11.2. The van der Waals surface area contributed by atoms with E-state index in [0.29, 0.717) is 11.3 Å². The van der Waals surface area contributed by atoms with E-state index in [0.717, 1.165) is 36.2 Å². The summed E-state index contributed by atoms with van der Waals surface area (Å²) >= 11 is 0. The van der Waals surface area contributed by atoms with Gasteiger partial charge in [-0.05, 0) is 55.8 Å². The molecule has 0 bridgehead atoms. The van der Waals surface area contributed by atoms with Crippen molar-refractivity contribution in [2.45, 2.75) is 25.5 Å². The number of hydrogen-bond acceptors (Lipinski definition) is 5. The molecule has 1 N–H and O–H groups in total. The minimum absolute atomic E-state index is 0.0297. The molecule has 0 amide bonds. The largest absolute Gasteiger partial charge is 0.375 e. The van der Waals surface area contributed by atoms with Gasteiger partial charge in [-0.1, -0.05) is 24.3 Å². The summed E-state index contributed by atoms with van der Waals surface area (Å²) in [5.74, 6) is 0. The van der Waals surface area contributed by atoms with E-state index in [1.165, 1.54) is 5.57 Å². The second kappa shape index (κ2) is 8.06. The van der Waals surface area contributed by atoms with E-state index in [2.05, 4.69) is 36.3 Å². The summed E-state index contributed by atoms with van der Waals surface area (Å²) in [5.41, 5.74) is 5.81. The molecular formula is C23H28N4O2. The van der Waals surface area contributed by atoms with Gasteiger partial charge in [0.2, 0.25) is 0 Å². The van der Waals surface area contributed by atoms with Crippen LogP contribution in [0.4, 0.5) is 0 Å². The SMILES string of the molecule is CNC1C=C(c2cc(=O)n3cc(C4=CCN(C)CC4)c(C)cc3n2)C=CC1OC. The van der Waals surface area contributed by atoms with Crippen molar-refractivity contribution >= 4 is 16.8 Å². The zero-order valence-electron chi connectivity index (χ0n) is 17.5. The Kier molecular flexibility index (Phi) is 5.50. The van der Waals surface area contributed by atoms with Gasteiger partial charge in [-0.3, -0.25) is 9.20 Å². The van der Waals surface area contributed by atoms with Crippen molar-refractivity contribution < 1.29 is 4.74 Å². The molecule has 2 aromatic rings. The maximum atomic E-state index is 12.9.